The van der Waals surface area contributed by atoms with E-state index >= 15 is 0 Å². The number of hydrogen-bond donors (Lipinski definition) is 3. The zero-order valence-electron chi connectivity index (χ0n) is 17.6. The molecule has 0 radical (unpaired) electrons. The van der Waals surface area contributed by atoms with Gasteiger partial charge in [-0.2, -0.15) is 0 Å². The summed E-state index contributed by atoms with van der Waals surface area (Å²) in [7, 11) is 3.41. The molecule has 5 heterocycles. The van der Waals surface area contributed by atoms with Crippen molar-refractivity contribution >= 4 is 34.4 Å². The monoisotopic (exact) mass is 442 g/mol. The predicted octanol–water partition coefficient (Wildman–Crippen LogP) is 0.257. The zero-order chi connectivity index (χ0) is 22.6. The van der Waals surface area contributed by atoms with Gasteiger partial charge in [0.1, 0.15) is 0 Å². The Hall–Kier alpha value is -3.67. The van der Waals surface area contributed by atoms with Crippen LogP contribution in [0.1, 0.15) is 10.4 Å². The van der Waals surface area contributed by atoms with Gasteiger partial charge in [0.2, 0.25) is 0 Å². The van der Waals surface area contributed by atoms with Crippen molar-refractivity contribution in [2.24, 2.45) is 11.8 Å². The summed E-state index contributed by atoms with van der Waals surface area (Å²) < 4.78 is 14.6. The summed E-state index contributed by atoms with van der Waals surface area (Å²) in [6, 6.07) is -0.0513. The molecule has 3 aliphatic rings. The molecule has 2 saturated heterocycles. The number of urea groups is 1. The van der Waals surface area contributed by atoms with Gasteiger partial charge < -0.3 is 25.1 Å². The number of H-pyrrole nitrogens is 1. The van der Waals surface area contributed by atoms with Crippen molar-refractivity contribution in [1.29, 1.82) is 0 Å². The molecular weight excluding hydrogens is 419 g/mol. The third-order valence-electron chi connectivity index (χ3n) is 6.23. The Morgan fingerprint density at radius 1 is 1.12 bits per heavy atom. The lowest BCUT2D eigenvalue weighted by molar-refractivity contribution is -0.125. The lowest BCUT2D eigenvalue weighted by atomic mass is 10.0. The highest BCUT2D eigenvalue weighted by Gasteiger charge is 2.44. The Kier molecular flexibility index (Phi) is 4.73. The Bertz CT molecular complexity index is 1130. The summed E-state index contributed by atoms with van der Waals surface area (Å²) in [4.78, 5) is 50.0. The number of hydrogen-bond acceptors (Lipinski definition) is 7. The van der Waals surface area contributed by atoms with Gasteiger partial charge in [-0.25, -0.2) is 19.2 Å². The second-order valence-electron chi connectivity index (χ2n) is 8.47. The van der Waals surface area contributed by atoms with E-state index < -0.39 is 17.5 Å². The fourth-order valence-electron chi connectivity index (χ4n) is 4.69. The molecule has 12 heteroatoms. The van der Waals surface area contributed by atoms with E-state index in [1.807, 2.05) is 0 Å². The van der Waals surface area contributed by atoms with Gasteiger partial charge in [-0.3, -0.25) is 9.59 Å². The van der Waals surface area contributed by atoms with Crippen molar-refractivity contribution in [2.75, 3.05) is 45.3 Å². The molecule has 2 unspecified atom stereocenters. The number of ketones is 1. The molecule has 3 N–H and O–H groups in total. The van der Waals surface area contributed by atoms with Gasteiger partial charge in [0.05, 0.1) is 22.7 Å². The fourth-order valence-corrected chi connectivity index (χ4v) is 4.69. The molecule has 168 valence electrons. The van der Waals surface area contributed by atoms with Crippen molar-refractivity contribution < 1.29 is 18.8 Å². The molecule has 2 fully saturated rings. The number of halogens is 1. The Balaban J connectivity index is 1.35. The molecule has 5 rings (SSSR count). The molecule has 0 spiro atoms. The first-order valence-corrected chi connectivity index (χ1v) is 10.3. The molecule has 2 aromatic rings. The molecule has 2 atom stereocenters. The smallest absolute Gasteiger partial charge is 0.319 e. The molecule has 0 bridgehead atoms. The van der Waals surface area contributed by atoms with Gasteiger partial charge in [0, 0.05) is 70.7 Å². The van der Waals surface area contributed by atoms with Crippen molar-refractivity contribution in [3.8, 4) is 0 Å². The van der Waals surface area contributed by atoms with Crippen LogP contribution in [0, 0.1) is 17.7 Å². The summed E-state index contributed by atoms with van der Waals surface area (Å²) in [5.41, 5.74) is 5.85. The quantitative estimate of drug-likeness (QED) is 0.461. The van der Waals surface area contributed by atoms with Crippen LogP contribution in [0.3, 0.4) is 0 Å². The number of carbonyl (C=O) groups excluding carboxylic acids is 3. The second-order valence-corrected chi connectivity index (χ2v) is 8.47. The van der Waals surface area contributed by atoms with E-state index in [1.165, 1.54) is 21.0 Å². The Labute approximate surface area is 182 Å². The van der Waals surface area contributed by atoms with Crippen LogP contribution in [0.4, 0.5) is 15.0 Å². The summed E-state index contributed by atoms with van der Waals surface area (Å²) in [5, 5.41) is 1.55. The summed E-state index contributed by atoms with van der Waals surface area (Å²) in [6.45, 7) is 1.91. The van der Waals surface area contributed by atoms with Crippen LogP contribution >= 0.6 is 0 Å². The fraction of sp³-hybridized carbons (Fsp3) is 0.400. The van der Waals surface area contributed by atoms with Gasteiger partial charge in [-0.15, -0.1) is 5.53 Å². The number of nitrogens with one attached hydrogen (secondary N) is 3. The number of aromatic nitrogens is 2. The average Bonchev–Trinajstić information content (AvgIpc) is 3.55. The highest BCUT2D eigenvalue weighted by atomic mass is 19.1. The van der Waals surface area contributed by atoms with E-state index in [1.54, 1.807) is 31.4 Å². The minimum Gasteiger partial charge on any atom is -0.357 e. The lowest BCUT2D eigenvalue weighted by Gasteiger charge is -2.24. The zero-order valence-corrected chi connectivity index (χ0v) is 17.6. The maximum absolute atomic E-state index is 14.6. The standard InChI is InChI=1S/C20H23FN8O3/c1-26(2)20(32)28-9-11-7-27(8-12(11)10-28)19(31)17(30)13-5-22-16-15(13)14(21)6-23-18(16)29-4-3-24-25-29/h3-6,11-12,22,24-25H,7-10H2,1-2H3. The van der Waals surface area contributed by atoms with E-state index in [4.69, 9.17) is 0 Å². The van der Waals surface area contributed by atoms with Gasteiger partial charge in [-0.05, 0) is 0 Å². The maximum Gasteiger partial charge on any atom is 0.319 e. The number of likely N-dealkylation sites (tertiary alicyclic amines) is 2. The lowest BCUT2D eigenvalue weighted by Crippen LogP contribution is -2.41. The number of aromatic amines is 1. The van der Waals surface area contributed by atoms with E-state index in [-0.39, 0.29) is 28.8 Å². The first-order valence-electron chi connectivity index (χ1n) is 10.3. The number of amides is 3. The topological polar surface area (TPSA) is 117 Å². The third kappa shape index (κ3) is 3.14. The molecule has 2 aromatic heterocycles. The summed E-state index contributed by atoms with van der Waals surface area (Å²) in [6.07, 6.45) is 5.66. The van der Waals surface area contributed by atoms with Crippen LogP contribution in [-0.4, -0.2) is 82.7 Å². The molecular formula is C20H23FN8O3. The minimum atomic E-state index is -0.767. The highest BCUT2D eigenvalue weighted by molar-refractivity contribution is 6.45. The molecule has 0 saturated carbocycles. The van der Waals surface area contributed by atoms with Crippen LogP contribution < -0.4 is 16.0 Å². The second kappa shape index (κ2) is 7.48. The van der Waals surface area contributed by atoms with Crippen LogP contribution in [-0.2, 0) is 4.79 Å². The van der Waals surface area contributed by atoms with Crippen molar-refractivity contribution in [3.63, 3.8) is 0 Å². The molecule has 0 aliphatic carbocycles. The summed E-state index contributed by atoms with van der Waals surface area (Å²) in [5.74, 6) is -1.50. The number of nitrogens with zero attached hydrogens (tertiary/aromatic N) is 5. The number of fused-ring (bicyclic) bond motifs is 2. The number of Topliss-reactive ketones (excluding diaryl/α,β-unsaturated/α-hetero) is 1. The predicted molar refractivity (Wildman–Crippen MR) is 112 cm³/mol. The van der Waals surface area contributed by atoms with Crippen LogP contribution in [0.15, 0.2) is 24.8 Å². The van der Waals surface area contributed by atoms with E-state index in [2.05, 4.69) is 20.9 Å². The van der Waals surface area contributed by atoms with E-state index in [9.17, 15) is 18.8 Å². The number of carbonyl (C=O) groups is 3. The van der Waals surface area contributed by atoms with Crippen LogP contribution in [0.2, 0.25) is 0 Å². The Morgan fingerprint density at radius 2 is 1.81 bits per heavy atom. The van der Waals surface area contributed by atoms with Crippen molar-refractivity contribution in [3.05, 3.63) is 36.2 Å². The van der Waals surface area contributed by atoms with Crippen LogP contribution in [0.5, 0.6) is 0 Å². The number of hydrazine groups is 2. The normalized spacial score (nSPS) is 21.9. The van der Waals surface area contributed by atoms with Gasteiger partial charge in [-0.1, -0.05) is 0 Å². The van der Waals surface area contributed by atoms with Crippen molar-refractivity contribution in [1.82, 2.24) is 35.6 Å². The number of rotatable bonds is 3. The number of anilines is 1. The maximum atomic E-state index is 14.6. The van der Waals surface area contributed by atoms with Gasteiger partial charge >= 0.3 is 6.03 Å². The molecule has 3 amide bonds. The highest BCUT2D eigenvalue weighted by Crippen LogP contribution is 2.33. The van der Waals surface area contributed by atoms with E-state index in [0.29, 0.717) is 37.5 Å². The SMILES string of the molecule is CN(C)C(=O)N1CC2CN(C(=O)C(=O)c3c[nH]c4c(N5C=CNN5)ncc(F)c34)CC2C1. The van der Waals surface area contributed by atoms with Gasteiger partial charge in [0.25, 0.3) is 11.7 Å². The third-order valence-corrected chi connectivity index (χ3v) is 6.23. The van der Waals surface area contributed by atoms with E-state index in [0.717, 1.165) is 6.20 Å². The first-order chi connectivity index (χ1) is 15.3. The van der Waals surface area contributed by atoms with Crippen molar-refractivity contribution in [2.45, 2.75) is 0 Å². The number of pyridine rings is 1. The van der Waals surface area contributed by atoms with Crippen LogP contribution in [0.25, 0.3) is 10.9 Å². The molecule has 32 heavy (non-hydrogen) atoms. The molecule has 3 aliphatic heterocycles. The summed E-state index contributed by atoms with van der Waals surface area (Å²) >= 11 is 0. The average molecular weight is 442 g/mol. The Morgan fingerprint density at radius 3 is 2.44 bits per heavy atom. The largest absolute Gasteiger partial charge is 0.357 e. The minimum absolute atomic E-state index is 0.0243. The first kappa shape index (κ1) is 20.2. The molecule has 0 aromatic carbocycles. The molecule has 11 nitrogen and oxygen atoms in total. The van der Waals surface area contributed by atoms with Gasteiger partial charge in [0.15, 0.2) is 11.6 Å².